The summed E-state index contributed by atoms with van der Waals surface area (Å²) in [7, 11) is 0. The van der Waals surface area contributed by atoms with Crippen LogP contribution in [0.1, 0.15) is 15.9 Å². The van der Waals surface area contributed by atoms with Crippen LogP contribution >= 0.6 is 0 Å². The second-order valence-electron chi connectivity index (χ2n) is 2.86. The van der Waals surface area contributed by atoms with E-state index in [0.717, 1.165) is 12.1 Å². The van der Waals surface area contributed by atoms with Crippen LogP contribution in [0.25, 0.3) is 6.08 Å². The van der Waals surface area contributed by atoms with Gasteiger partial charge in [-0.25, -0.2) is 4.79 Å². The molecule has 6 heteroatoms. The molecule has 0 fully saturated rings. The van der Waals surface area contributed by atoms with Gasteiger partial charge in [0.25, 0.3) is 5.69 Å². The van der Waals surface area contributed by atoms with E-state index < -0.39 is 10.9 Å². The van der Waals surface area contributed by atoms with E-state index in [1.807, 2.05) is 0 Å². The van der Waals surface area contributed by atoms with Crippen molar-refractivity contribution in [2.24, 2.45) is 0 Å². The summed E-state index contributed by atoms with van der Waals surface area (Å²) < 4.78 is 0. The lowest BCUT2D eigenvalue weighted by Crippen LogP contribution is -1.94. The van der Waals surface area contributed by atoms with E-state index in [1.165, 1.54) is 18.2 Å². The first-order chi connectivity index (χ1) is 7.54. The molecule has 0 bridgehead atoms. The summed E-state index contributed by atoms with van der Waals surface area (Å²) in [6.45, 7) is 0. The molecule has 1 aromatic carbocycles. The van der Waals surface area contributed by atoms with Gasteiger partial charge < -0.3 is 5.11 Å². The Morgan fingerprint density at radius 3 is 2.62 bits per heavy atom. The lowest BCUT2D eigenvalue weighted by atomic mass is 10.1. The summed E-state index contributed by atoms with van der Waals surface area (Å²) in [5.74, 6) is -1.15. The molecule has 0 unspecified atom stereocenters. The number of carbonyl (C=O) groups is 2. The minimum absolute atomic E-state index is 0.0440. The molecule has 0 aromatic heterocycles. The number of carbonyl (C=O) groups excluding carboxylic acids is 1. The first-order valence-electron chi connectivity index (χ1n) is 4.19. The molecule has 0 aliphatic heterocycles. The molecule has 1 aromatic rings. The van der Waals surface area contributed by atoms with E-state index >= 15 is 0 Å². The molecule has 0 heterocycles. The summed E-state index contributed by atoms with van der Waals surface area (Å²) in [6, 6.07) is 3.84. The van der Waals surface area contributed by atoms with Gasteiger partial charge in [0.2, 0.25) is 0 Å². The highest BCUT2D eigenvalue weighted by molar-refractivity contribution is 5.86. The molecule has 0 spiro atoms. The number of carboxylic acids is 1. The SMILES string of the molecule is O=Cc1ccc(C=CC(=O)O)cc1[N+](=O)[O-]. The first kappa shape index (κ1) is 11.6. The number of aliphatic carboxylic acids is 1. The first-order valence-corrected chi connectivity index (χ1v) is 4.19. The van der Waals surface area contributed by atoms with Gasteiger partial charge in [-0.15, -0.1) is 0 Å². The largest absolute Gasteiger partial charge is 0.478 e. The van der Waals surface area contributed by atoms with Crippen molar-refractivity contribution in [1.29, 1.82) is 0 Å². The van der Waals surface area contributed by atoms with E-state index in [4.69, 9.17) is 5.11 Å². The molecule has 0 saturated heterocycles. The van der Waals surface area contributed by atoms with E-state index in [-0.39, 0.29) is 11.3 Å². The molecule has 0 saturated carbocycles. The molecule has 0 atom stereocenters. The molecule has 1 N–H and O–H groups in total. The molecule has 82 valence electrons. The Bertz CT molecular complexity index is 478. The summed E-state index contributed by atoms with van der Waals surface area (Å²) in [4.78, 5) is 30.6. The van der Waals surface area contributed by atoms with E-state index in [9.17, 15) is 19.7 Å². The van der Waals surface area contributed by atoms with Crippen molar-refractivity contribution in [3.63, 3.8) is 0 Å². The second kappa shape index (κ2) is 4.83. The fourth-order valence-corrected chi connectivity index (χ4v) is 1.09. The fourth-order valence-electron chi connectivity index (χ4n) is 1.09. The standard InChI is InChI=1S/C10H7NO5/c12-6-8-3-1-7(2-4-10(13)14)5-9(8)11(15)16/h1-6H,(H,13,14). The Morgan fingerprint density at radius 2 is 2.12 bits per heavy atom. The van der Waals surface area contributed by atoms with Gasteiger partial charge in [-0.1, -0.05) is 6.07 Å². The number of nitrogens with zero attached hydrogens (tertiary/aromatic N) is 1. The number of carboxylic acid groups (broad SMARTS) is 1. The minimum Gasteiger partial charge on any atom is -0.478 e. The van der Waals surface area contributed by atoms with Crippen LogP contribution in [0, 0.1) is 10.1 Å². The monoisotopic (exact) mass is 221 g/mol. The molecular weight excluding hydrogens is 214 g/mol. The fraction of sp³-hybridized carbons (Fsp3) is 0. The van der Waals surface area contributed by atoms with Crippen LogP contribution in [0.4, 0.5) is 5.69 Å². The van der Waals surface area contributed by atoms with Crippen LogP contribution in [0.5, 0.6) is 0 Å². The van der Waals surface area contributed by atoms with Crippen molar-refractivity contribution in [2.45, 2.75) is 0 Å². The topological polar surface area (TPSA) is 97.5 Å². The zero-order chi connectivity index (χ0) is 12.1. The second-order valence-corrected chi connectivity index (χ2v) is 2.86. The summed E-state index contributed by atoms with van der Waals surface area (Å²) in [5, 5.41) is 19.0. The van der Waals surface area contributed by atoms with Gasteiger partial charge >= 0.3 is 5.97 Å². The highest BCUT2D eigenvalue weighted by Crippen LogP contribution is 2.19. The zero-order valence-corrected chi connectivity index (χ0v) is 7.99. The Balaban J connectivity index is 3.16. The maximum absolute atomic E-state index is 10.6. The van der Waals surface area contributed by atoms with Crippen LogP contribution < -0.4 is 0 Å². The molecule has 1 rings (SSSR count). The van der Waals surface area contributed by atoms with Crippen molar-refractivity contribution < 1.29 is 19.6 Å². The lowest BCUT2D eigenvalue weighted by molar-refractivity contribution is -0.385. The maximum atomic E-state index is 10.6. The van der Waals surface area contributed by atoms with Gasteiger partial charge in [0.15, 0.2) is 6.29 Å². The quantitative estimate of drug-likeness (QED) is 0.359. The predicted molar refractivity (Wildman–Crippen MR) is 55.2 cm³/mol. The van der Waals surface area contributed by atoms with Crippen LogP contribution in [0.15, 0.2) is 24.3 Å². The average Bonchev–Trinajstić information content (AvgIpc) is 2.25. The van der Waals surface area contributed by atoms with Crippen LogP contribution in [-0.4, -0.2) is 22.3 Å². The lowest BCUT2D eigenvalue weighted by Gasteiger charge is -1.97. The number of hydrogen-bond acceptors (Lipinski definition) is 4. The van der Waals surface area contributed by atoms with Gasteiger partial charge in [0.1, 0.15) is 0 Å². The van der Waals surface area contributed by atoms with Crippen LogP contribution in [-0.2, 0) is 4.79 Å². The number of benzene rings is 1. The molecule has 0 radical (unpaired) electrons. The van der Waals surface area contributed by atoms with Gasteiger partial charge in [0.05, 0.1) is 10.5 Å². The Kier molecular flexibility index (Phi) is 3.49. The highest BCUT2D eigenvalue weighted by Gasteiger charge is 2.12. The molecule has 0 aliphatic carbocycles. The third-order valence-corrected chi connectivity index (χ3v) is 1.80. The van der Waals surface area contributed by atoms with Crippen molar-refractivity contribution in [1.82, 2.24) is 0 Å². The summed E-state index contributed by atoms with van der Waals surface area (Å²) in [6.07, 6.45) is 2.45. The predicted octanol–water partition coefficient (Wildman–Crippen LogP) is 1.51. The average molecular weight is 221 g/mol. The smallest absolute Gasteiger partial charge is 0.328 e. The van der Waals surface area contributed by atoms with Gasteiger partial charge in [-0.2, -0.15) is 0 Å². The summed E-state index contributed by atoms with van der Waals surface area (Å²) in [5.41, 5.74) is -0.0419. The van der Waals surface area contributed by atoms with Gasteiger partial charge in [-0.3, -0.25) is 14.9 Å². The Hall–Kier alpha value is -2.50. The van der Waals surface area contributed by atoms with E-state index in [2.05, 4.69) is 0 Å². The molecule has 16 heavy (non-hydrogen) atoms. The molecule has 6 nitrogen and oxygen atoms in total. The number of hydrogen-bond donors (Lipinski definition) is 1. The number of rotatable bonds is 4. The van der Waals surface area contributed by atoms with E-state index in [0.29, 0.717) is 11.8 Å². The maximum Gasteiger partial charge on any atom is 0.328 e. The Morgan fingerprint density at radius 1 is 1.44 bits per heavy atom. The van der Waals surface area contributed by atoms with Crippen LogP contribution in [0.3, 0.4) is 0 Å². The third kappa shape index (κ3) is 2.74. The van der Waals surface area contributed by atoms with Crippen LogP contribution in [0.2, 0.25) is 0 Å². The summed E-state index contributed by atoms with van der Waals surface area (Å²) >= 11 is 0. The van der Waals surface area contributed by atoms with Gasteiger partial charge in [-0.05, 0) is 17.7 Å². The number of aldehydes is 1. The van der Waals surface area contributed by atoms with Gasteiger partial charge in [0, 0.05) is 12.1 Å². The molecule has 0 amide bonds. The number of nitro benzene ring substituents is 1. The normalized spacial score (nSPS) is 10.2. The Labute approximate surface area is 90.0 Å². The van der Waals surface area contributed by atoms with Crippen molar-refractivity contribution in [2.75, 3.05) is 0 Å². The zero-order valence-electron chi connectivity index (χ0n) is 7.99. The minimum atomic E-state index is -1.15. The molecule has 0 aliphatic rings. The van der Waals surface area contributed by atoms with E-state index in [1.54, 1.807) is 0 Å². The van der Waals surface area contributed by atoms with Crippen molar-refractivity contribution in [3.8, 4) is 0 Å². The van der Waals surface area contributed by atoms with Crippen molar-refractivity contribution in [3.05, 3.63) is 45.5 Å². The number of nitro groups is 1. The highest BCUT2D eigenvalue weighted by atomic mass is 16.6. The van der Waals surface area contributed by atoms with Crippen molar-refractivity contribution >= 4 is 24.0 Å². The molecular formula is C10H7NO5. The third-order valence-electron chi connectivity index (χ3n) is 1.80.